The molecule has 138 valence electrons. The van der Waals surface area contributed by atoms with Gasteiger partial charge >= 0.3 is 0 Å². The smallest absolute Gasteiger partial charge is 0.242 e. The van der Waals surface area contributed by atoms with Gasteiger partial charge in [0, 0.05) is 12.6 Å². The summed E-state index contributed by atoms with van der Waals surface area (Å²) in [5, 5.41) is 9.18. The van der Waals surface area contributed by atoms with E-state index in [0.717, 1.165) is 12.8 Å². The van der Waals surface area contributed by atoms with Crippen LogP contribution in [0, 0.1) is 0 Å². The van der Waals surface area contributed by atoms with E-state index in [1.807, 2.05) is 12.1 Å². The number of amides is 2. The van der Waals surface area contributed by atoms with Crippen molar-refractivity contribution < 1.29 is 9.59 Å². The largest absolute Gasteiger partial charge is 0.352 e. The van der Waals surface area contributed by atoms with Crippen molar-refractivity contribution in [2.24, 2.45) is 0 Å². The Kier molecular flexibility index (Phi) is 7.26. The van der Waals surface area contributed by atoms with Crippen LogP contribution in [0.15, 0.2) is 24.3 Å². The Morgan fingerprint density at radius 1 is 1.12 bits per heavy atom. The Labute approximate surface area is 155 Å². The van der Waals surface area contributed by atoms with E-state index >= 15 is 0 Å². The van der Waals surface area contributed by atoms with Gasteiger partial charge < -0.3 is 16.0 Å². The topological polar surface area (TPSA) is 70.2 Å². The van der Waals surface area contributed by atoms with E-state index in [-0.39, 0.29) is 36.3 Å². The molecule has 0 unspecified atom stereocenters. The molecule has 3 N–H and O–H groups in total. The summed E-state index contributed by atoms with van der Waals surface area (Å²) in [4.78, 5) is 24.7. The fourth-order valence-electron chi connectivity index (χ4n) is 3.59. The molecule has 0 aromatic heterocycles. The van der Waals surface area contributed by atoms with E-state index in [4.69, 9.17) is 0 Å². The average Bonchev–Trinajstić information content (AvgIpc) is 2.62. The van der Waals surface area contributed by atoms with Crippen molar-refractivity contribution in [2.45, 2.75) is 70.1 Å². The van der Waals surface area contributed by atoms with Crippen LogP contribution in [-0.4, -0.2) is 29.9 Å². The summed E-state index contributed by atoms with van der Waals surface area (Å²) in [5.74, 6) is -0.178. The third-order valence-electron chi connectivity index (χ3n) is 5.10. The molecule has 25 heavy (non-hydrogen) atoms. The SMILES string of the molecule is C[C@H](NC(=O)[C@@H]1Cc2ccccc2CN1)C(=O)NC1CCCCC1.Cl. The highest BCUT2D eigenvalue weighted by Gasteiger charge is 2.27. The summed E-state index contributed by atoms with van der Waals surface area (Å²) in [6.07, 6.45) is 6.38. The van der Waals surface area contributed by atoms with Gasteiger partial charge in [-0.2, -0.15) is 0 Å². The van der Waals surface area contributed by atoms with E-state index in [0.29, 0.717) is 13.0 Å². The standard InChI is InChI=1S/C19H27N3O2.ClH/c1-13(18(23)22-16-9-3-2-4-10-16)21-19(24)17-11-14-7-5-6-8-15(14)12-20-17;/h5-8,13,16-17,20H,2-4,9-12H2,1H3,(H,21,24)(H,22,23);1H/t13-,17-;/m0./s1. The first-order valence-corrected chi connectivity index (χ1v) is 9.04. The van der Waals surface area contributed by atoms with Gasteiger partial charge in [0.1, 0.15) is 6.04 Å². The van der Waals surface area contributed by atoms with Gasteiger partial charge in [-0.05, 0) is 37.3 Å². The number of nitrogens with one attached hydrogen (secondary N) is 3. The first kappa shape index (κ1) is 19.7. The molecule has 0 bridgehead atoms. The number of hydrogen-bond donors (Lipinski definition) is 3. The van der Waals surface area contributed by atoms with Crippen molar-refractivity contribution >= 4 is 24.2 Å². The molecule has 6 heteroatoms. The molecule has 1 heterocycles. The molecule has 0 spiro atoms. The maximum atomic E-state index is 12.5. The van der Waals surface area contributed by atoms with E-state index in [2.05, 4.69) is 28.1 Å². The zero-order valence-electron chi connectivity index (χ0n) is 14.7. The van der Waals surface area contributed by atoms with Crippen LogP contribution in [0.1, 0.15) is 50.2 Å². The third-order valence-corrected chi connectivity index (χ3v) is 5.10. The molecule has 1 saturated carbocycles. The normalized spacial score (nSPS) is 21.4. The van der Waals surface area contributed by atoms with Crippen LogP contribution >= 0.6 is 12.4 Å². The van der Waals surface area contributed by atoms with Gasteiger partial charge in [-0.1, -0.05) is 43.5 Å². The Balaban J connectivity index is 0.00000225. The van der Waals surface area contributed by atoms with E-state index in [9.17, 15) is 9.59 Å². The van der Waals surface area contributed by atoms with Crippen molar-refractivity contribution in [3.63, 3.8) is 0 Å². The minimum atomic E-state index is -0.501. The molecule has 1 aromatic rings. The fourth-order valence-corrected chi connectivity index (χ4v) is 3.59. The molecule has 2 amide bonds. The summed E-state index contributed by atoms with van der Waals surface area (Å²) in [7, 11) is 0. The highest BCUT2D eigenvalue weighted by Crippen LogP contribution is 2.18. The number of carbonyl (C=O) groups excluding carboxylic acids is 2. The molecule has 5 nitrogen and oxygen atoms in total. The minimum Gasteiger partial charge on any atom is -0.352 e. The van der Waals surface area contributed by atoms with E-state index in [1.54, 1.807) is 6.92 Å². The summed E-state index contributed by atoms with van der Waals surface area (Å²) in [6.45, 7) is 2.45. The molecule has 0 radical (unpaired) electrons. The Hall–Kier alpha value is -1.59. The molecular formula is C19H28ClN3O2. The molecule has 1 aromatic carbocycles. The van der Waals surface area contributed by atoms with Gasteiger partial charge in [-0.25, -0.2) is 0 Å². The summed E-state index contributed by atoms with van der Waals surface area (Å²) >= 11 is 0. The summed E-state index contributed by atoms with van der Waals surface area (Å²) in [6, 6.07) is 7.65. The van der Waals surface area contributed by atoms with Crippen molar-refractivity contribution in [1.82, 2.24) is 16.0 Å². The average molecular weight is 366 g/mol. The Morgan fingerprint density at radius 3 is 2.52 bits per heavy atom. The number of rotatable bonds is 4. The van der Waals surface area contributed by atoms with Gasteiger partial charge in [-0.15, -0.1) is 12.4 Å². The molecular weight excluding hydrogens is 338 g/mol. The van der Waals surface area contributed by atoms with Gasteiger partial charge in [-0.3, -0.25) is 9.59 Å². The molecule has 1 aliphatic carbocycles. The maximum Gasteiger partial charge on any atom is 0.242 e. The van der Waals surface area contributed by atoms with Gasteiger partial charge in [0.25, 0.3) is 0 Å². The molecule has 3 rings (SSSR count). The Morgan fingerprint density at radius 2 is 1.80 bits per heavy atom. The third kappa shape index (κ3) is 5.19. The first-order chi connectivity index (χ1) is 11.6. The Bertz CT molecular complexity index is 602. The molecule has 2 aliphatic rings. The zero-order valence-corrected chi connectivity index (χ0v) is 15.5. The molecule has 0 saturated heterocycles. The van der Waals surface area contributed by atoms with Crippen LogP contribution in [-0.2, 0) is 22.6 Å². The lowest BCUT2D eigenvalue weighted by Gasteiger charge is -2.28. The highest BCUT2D eigenvalue weighted by atomic mass is 35.5. The van der Waals surface area contributed by atoms with Gasteiger partial charge in [0.15, 0.2) is 0 Å². The zero-order chi connectivity index (χ0) is 16.9. The molecule has 2 atom stereocenters. The lowest BCUT2D eigenvalue weighted by Crippen LogP contribution is -2.54. The molecule has 1 aliphatic heterocycles. The number of benzene rings is 1. The van der Waals surface area contributed by atoms with Crippen molar-refractivity contribution in [3.8, 4) is 0 Å². The molecule has 1 fully saturated rings. The second-order valence-electron chi connectivity index (χ2n) is 6.98. The minimum absolute atomic E-state index is 0. The van der Waals surface area contributed by atoms with Crippen LogP contribution in [0.3, 0.4) is 0 Å². The van der Waals surface area contributed by atoms with E-state index in [1.165, 1.54) is 30.4 Å². The van der Waals surface area contributed by atoms with Crippen LogP contribution in [0.25, 0.3) is 0 Å². The quantitative estimate of drug-likeness (QED) is 0.765. The maximum absolute atomic E-state index is 12.5. The number of halogens is 1. The first-order valence-electron chi connectivity index (χ1n) is 9.04. The summed E-state index contributed by atoms with van der Waals surface area (Å²) in [5.41, 5.74) is 2.44. The summed E-state index contributed by atoms with van der Waals surface area (Å²) < 4.78 is 0. The van der Waals surface area contributed by atoms with Crippen LogP contribution in [0.2, 0.25) is 0 Å². The van der Waals surface area contributed by atoms with Crippen molar-refractivity contribution in [3.05, 3.63) is 35.4 Å². The number of hydrogen-bond acceptors (Lipinski definition) is 3. The number of carbonyl (C=O) groups is 2. The lowest BCUT2D eigenvalue weighted by molar-refractivity contribution is -0.130. The second-order valence-corrected chi connectivity index (χ2v) is 6.98. The number of fused-ring (bicyclic) bond motifs is 1. The van der Waals surface area contributed by atoms with Gasteiger partial charge in [0.05, 0.1) is 6.04 Å². The van der Waals surface area contributed by atoms with Crippen molar-refractivity contribution in [2.75, 3.05) is 0 Å². The highest BCUT2D eigenvalue weighted by molar-refractivity contribution is 5.89. The fraction of sp³-hybridized carbons (Fsp3) is 0.579. The predicted molar refractivity (Wildman–Crippen MR) is 101 cm³/mol. The lowest BCUT2D eigenvalue weighted by atomic mass is 9.95. The second kappa shape index (κ2) is 9.20. The van der Waals surface area contributed by atoms with Crippen LogP contribution < -0.4 is 16.0 Å². The van der Waals surface area contributed by atoms with Crippen molar-refractivity contribution in [1.29, 1.82) is 0 Å². The monoisotopic (exact) mass is 365 g/mol. The van der Waals surface area contributed by atoms with Gasteiger partial charge in [0.2, 0.25) is 11.8 Å². The van der Waals surface area contributed by atoms with E-state index < -0.39 is 6.04 Å². The van der Waals surface area contributed by atoms with Crippen LogP contribution in [0.4, 0.5) is 0 Å². The predicted octanol–water partition coefficient (Wildman–Crippen LogP) is 2.08. The van der Waals surface area contributed by atoms with Crippen LogP contribution in [0.5, 0.6) is 0 Å².